The van der Waals surface area contributed by atoms with Crippen LogP contribution in [0.25, 0.3) is 20.4 Å². The first-order valence-corrected chi connectivity index (χ1v) is 11.3. The number of thiophene rings is 1. The molecule has 1 aliphatic rings. The van der Waals surface area contributed by atoms with Crippen LogP contribution in [0.2, 0.25) is 0 Å². The van der Waals surface area contributed by atoms with Gasteiger partial charge in [0.25, 0.3) is 5.56 Å². The Morgan fingerprint density at radius 2 is 1.97 bits per heavy atom. The molecule has 7 nitrogen and oxygen atoms in total. The van der Waals surface area contributed by atoms with Gasteiger partial charge in [-0.3, -0.25) is 19.0 Å². The second-order valence-corrected chi connectivity index (χ2v) is 9.14. The van der Waals surface area contributed by atoms with Crippen molar-refractivity contribution in [3.63, 3.8) is 0 Å². The van der Waals surface area contributed by atoms with Crippen LogP contribution < -0.4 is 5.56 Å². The van der Waals surface area contributed by atoms with Crippen LogP contribution in [0, 0.1) is 13.8 Å². The largest absolute Gasteiger partial charge is 0.456 e. The minimum Gasteiger partial charge on any atom is -0.456 e. The number of carbonyl (C=O) groups is 2. The van der Waals surface area contributed by atoms with E-state index in [-0.39, 0.29) is 24.5 Å². The summed E-state index contributed by atoms with van der Waals surface area (Å²) in [5.41, 5.74) is 5.17. The van der Waals surface area contributed by atoms with Crippen LogP contribution in [0.4, 0.5) is 0 Å². The van der Waals surface area contributed by atoms with Gasteiger partial charge in [-0.05, 0) is 61.9 Å². The minimum atomic E-state index is -0.658. The predicted octanol–water partition coefficient (Wildman–Crippen LogP) is 3.54. The lowest BCUT2D eigenvalue weighted by molar-refractivity contribution is -0.143. The molecule has 4 aromatic rings. The summed E-state index contributed by atoms with van der Waals surface area (Å²) in [5.74, 6) is -0.913. The van der Waals surface area contributed by atoms with Crippen molar-refractivity contribution in [1.29, 1.82) is 0 Å². The number of fused-ring (bicyclic) bond motifs is 4. The maximum absolute atomic E-state index is 12.9. The molecule has 32 heavy (non-hydrogen) atoms. The molecule has 0 fully saturated rings. The van der Waals surface area contributed by atoms with Crippen LogP contribution in [-0.2, 0) is 28.9 Å². The fraction of sp³-hybridized carbons (Fsp3) is 0.292. The highest BCUT2D eigenvalue weighted by Crippen LogP contribution is 2.31. The molecular formula is C24H21N3O4S. The maximum atomic E-state index is 12.9. The van der Waals surface area contributed by atoms with Gasteiger partial charge in [0.1, 0.15) is 16.1 Å². The zero-order valence-electron chi connectivity index (χ0n) is 17.8. The van der Waals surface area contributed by atoms with E-state index in [2.05, 4.69) is 9.97 Å². The van der Waals surface area contributed by atoms with Gasteiger partial charge in [-0.2, -0.15) is 0 Å². The van der Waals surface area contributed by atoms with Crippen molar-refractivity contribution in [2.75, 3.05) is 6.61 Å². The fourth-order valence-electron chi connectivity index (χ4n) is 4.27. The molecule has 3 aromatic heterocycles. The van der Waals surface area contributed by atoms with Crippen molar-refractivity contribution < 1.29 is 14.3 Å². The first kappa shape index (κ1) is 20.5. The smallest absolute Gasteiger partial charge is 0.326 e. The summed E-state index contributed by atoms with van der Waals surface area (Å²) in [4.78, 5) is 47.4. The number of ketones is 1. The molecular weight excluding hydrogens is 426 g/mol. The van der Waals surface area contributed by atoms with E-state index >= 15 is 0 Å². The topological polar surface area (TPSA) is 91.1 Å². The van der Waals surface area contributed by atoms with Crippen molar-refractivity contribution in [1.82, 2.24) is 14.5 Å². The van der Waals surface area contributed by atoms with Crippen molar-refractivity contribution >= 4 is 43.5 Å². The molecule has 1 aromatic carbocycles. The quantitative estimate of drug-likeness (QED) is 0.343. The molecule has 0 spiro atoms. The summed E-state index contributed by atoms with van der Waals surface area (Å²) in [7, 11) is 0. The van der Waals surface area contributed by atoms with Crippen LogP contribution in [0.5, 0.6) is 0 Å². The first-order valence-electron chi connectivity index (χ1n) is 10.5. The molecule has 162 valence electrons. The molecule has 0 saturated carbocycles. The van der Waals surface area contributed by atoms with E-state index in [9.17, 15) is 14.4 Å². The number of esters is 1. The minimum absolute atomic E-state index is 0.254. The van der Waals surface area contributed by atoms with Gasteiger partial charge < -0.3 is 4.74 Å². The number of hydrogen-bond acceptors (Lipinski definition) is 7. The number of rotatable bonds is 5. The normalized spacial score (nSPS) is 12.9. The van der Waals surface area contributed by atoms with Gasteiger partial charge in [0.05, 0.1) is 11.8 Å². The van der Waals surface area contributed by atoms with Gasteiger partial charge in [-0.15, -0.1) is 11.3 Å². The van der Waals surface area contributed by atoms with Gasteiger partial charge in [0.2, 0.25) is 0 Å². The van der Waals surface area contributed by atoms with Crippen LogP contribution in [-0.4, -0.2) is 32.9 Å². The Kier molecular flexibility index (Phi) is 5.09. The summed E-state index contributed by atoms with van der Waals surface area (Å²) in [5, 5.41) is 0.863. The molecule has 3 heterocycles. The number of benzene rings is 1. The summed E-state index contributed by atoms with van der Waals surface area (Å²) in [6.07, 6.45) is 4.46. The molecule has 0 N–H and O–H groups in total. The Hall–Kier alpha value is -3.39. The third-order valence-corrected chi connectivity index (χ3v) is 6.89. The SMILES string of the molecule is Cc1cc(C)c2c(n1)sc1c(=O)n(CC(=O)OCC(=O)c3ccc4c(c3)CCC4)cnc12. The molecule has 0 saturated heterocycles. The van der Waals surface area contributed by atoms with Crippen LogP contribution in [0.3, 0.4) is 0 Å². The first-order chi connectivity index (χ1) is 15.4. The number of hydrogen-bond donors (Lipinski definition) is 0. The molecule has 5 rings (SSSR count). The van der Waals surface area contributed by atoms with Crippen molar-refractivity contribution in [3.8, 4) is 0 Å². The maximum Gasteiger partial charge on any atom is 0.326 e. The molecule has 1 aliphatic carbocycles. The zero-order valence-corrected chi connectivity index (χ0v) is 18.6. The Bertz CT molecular complexity index is 1470. The highest BCUT2D eigenvalue weighted by atomic mass is 32.1. The number of aryl methyl sites for hydroxylation is 4. The number of pyridine rings is 1. The van der Waals surface area contributed by atoms with Gasteiger partial charge in [0, 0.05) is 16.6 Å². The lowest BCUT2D eigenvalue weighted by Gasteiger charge is -2.07. The molecule has 0 bridgehead atoms. The Morgan fingerprint density at radius 3 is 2.81 bits per heavy atom. The second kappa shape index (κ2) is 7.94. The second-order valence-electron chi connectivity index (χ2n) is 8.14. The Balaban J connectivity index is 1.32. The van der Waals surface area contributed by atoms with E-state index in [4.69, 9.17) is 4.74 Å². The van der Waals surface area contributed by atoms with E-state index in [1.54, 1.807) is 6.07 Å². The summed E-state index contributed by atoms with van der Waals surface area (Å²) < 4.78 is 6.82. The number of carbonyl (C=O) groups excluding carboxylic acids is 2. The highest BCUT2D eigenvalue weighted by molar-refractivity contribution is 7.25. The summed E-state index contributed by atoms with van der Waals surface area (Å²) in [6.45, 7) is 3.21. The van der Waals surface area contributed by atoms with Crippen molar-refractivity contribution in [3.05, 3.63) is 68.9 Å². The lowest BCUT2D eigenvalue weighted by atomic mass is 10.0. The average molecular weight is 448 g/mol. The van der Waals surface area contributed by atoms with E-state index in [1.807, 2.05) is 32.0 Å². The predicted molar refractivity (Wildman–Crippen MR) is 122 cm³/mol. The molecule has 0 aliphatic heterocycles. The summed E-state index contributed by atoms with van der Waals surface area (Å²) >= 11 is 1.27. The van der Waals surface area contributed by atoms with Gasteiger partial charge >= 0.3 is 5.97 Å². The number of nitrogens with zero attached hydrogens (tertiary/aromatic N) is 3. The lowest BCUT2D eigenvalue weighted by Crippen LogP contribution is -2.26. The van der Waals surface area contributed by atoms with Crippen LogP contribution in [0.15, 0.2) is 35.4 Å². The third-order valence-electron chi connectivity index (χ3n) is 5.83. The standard InChI is InChI=1S/C24H21N3O4S/c1-13-8-14(2)26-23-20(13)21-22(32-23)24(30)27(12-25-21)10-19(29)31-11-18(28)17-7-6-15-4-3-5-16(15)9-17/h6-9,12H,3-5,10-11H2,1-2H3. The summed E-state index contributed by atoms with van der Waals surface area (Å²) in [6, 6.07) is 7.60. The Labute approximate surface area is 187 Å². The molecule has 0 unspecified atom stereocenters. The molecule has 0 atom stereocenters. The molecule has 0 radical (unpaired) electrons. The van der Waals surface area contributed by atoms with Crippen LogP contribution in [0.1, 0.15) is 39.2 Å². The number of aromatic nitrogens is 3. The fourth-order valence-corrected chi connectivity index (χ4v) is 5.47. The Morgan fingerprint density at radius 1 is 1.16 bits per heavy atom. The van der Waals surface area contributed by atoms with Gasteiger partial charge in [-0.1, -0.05) is 12.1 Å². The van der Waals surface area contributed by atoms with Crippen molar-refractivity contribution in [2.45, 2.75) is 39.7 Å². The third kappa shape index (κ3) is 3.60. The average Bonchev–Trinajstić information content (AvgIpc) is 3.38. The van der Waals surface area contributed by atoms with Gasteiger partial charge in [-0.25, -0.2) is 9.97 Å². The van der Waals surface area contributed by atoms with Crippen molar-refractivity contribution in [2.24, 2.45) is 0 Å². The zero-order chi connectivity index (χ0) is 22.4. The molecule has 8 heteroatoms. The number of Topliss-reactive ketones (excluding diaryl/α,β-unsaturated/α-hetero) is 1. The van der Waals surface area contributed by atoms with Crippen LogP contribution >= 0.6 is 11.3 Å². The highest BCUT2D eigenvalue weighted by Gasteiger charge is 2.18. The monoisotopic (exact) mass is 447 g/mol. The van der Waals surface area contributed by atoms with E-state index in [0.717, 1.165) is 40.7 Å². The molecule has 0 amide bonds. The van der Waals surface area contributed by atoms with E-state index in [0.29, 0.717) is 15.8 Å². The van der Waals surface area contributed by atoms with E-state index in [1.165, 1.54) is 33.4 Å². The van der Waals surface area contributed by atoms with Gasteiger partial charge in [0.15, 0.2) is 12.4 Å². The number of ether oxygens (including phenoxy) is 1. The van der Waals surface area contributed by atoms with E-state index < -0.39 is 5.97 Å².